The Bertz CT molecular complexity index is 1240. The summed E-state index contributed by atoms with van der Waals surface area (Å²) in [6.07, 6.45) is 2.99. The van der Waals surface area contributed by atoms with Crippen LogP contribution in [0.3, 0.4) is 0 Å². The average molecular weight is 479 g/mol. The number of aryl methyl sites for hydroxylation is 1. The fourth-order valence-corrected chi connectivity index (χ4v) is 5.48. The summed E-state index contributed by atoms with van der Waals surface area (Å²) in [5.41, 5.74) is 3.01. The lowest BCUT2D eigenvalue weighted by Gasteiger charge is -2.27. The highest BCUT2D eigenvalue weighted by atomic mass is 32.2. The minimum Gasteiger partial charge on any atom is -0.496 e. The third-order valence-corrected chi connectivity index (χ3v) is 7.59. The van der Waals surface area contributed by atoms with E-state index in [1.165, 1.54) is 19.2 Å². The zero-order valence-corrected chi connectivity index (χ0v) is 20.3. The van der Waals surface area contributed by atoms with Crippen LogP contribution in [-0.2, 0) is 10.0 Å². The van der Waals surface area contributed by atoms with Crippen LogP contribution in [0.25, 0.3) is 0 Å². The van der Waals surface area contributed by atoms with Gasteiger partial charge in [0.2, 0.25) is 10.0 Å². The van der Waals surface area contributed by atoms with Crippen LogP contribution in [-0.4, -0.2) is 39.4 Å². The van der Waals surface area contributed by atoms with Crippen LogP contribution in [0.1, 0.15) is 52.4 Å². The monoisotopic (exact) mass is 478 g/mol. The number of carbonyl (C=O) groups excluding carboxylic acids is 1. The second-order valence-corrected chi connectivity index (χ2v) is 10.3. The van der Waals surface area contributed by atoms with E-state index < -0.39 is 16.1 Å². The molecule has 4 rings (SSSR count). The molecule has 0 aliphatic carbocycles. The molecule has 0 aromatic heterocycles. The number of hydrogen-bond donors (Lipinski definition) is 1. The number of carbonyl (C=O) groups is 1. The second kappa shape index (κ2) is 10.4. The second-order valence-electron chi connectivity index (χ2n) is 8.59. The van der Waals surface area contributed by atoms with Gasteiger partial charge in [-0.2, -0.15) is 4.72 Å². The van der Waals surface area contributed by atoms with Crippen LogP contribution < -0.4 is 9.46 Å². The van der Waals surface area contributed by atoms with Gasteiger partial charge in [-0.1, -0.05) is 60.2 Å². The number of piperidine rings is 1. The van der Waals surface area contributed by atoms with Gasteiger partial charge in [-0.3, -0.25) is 4.79 Å². The van der Waals surface area contributed by atoms with Crippen molar-refractivity contribution in [2.75, 3.05) is 20.2 Å². The standard InChI is InChI=1S/C27H30N2O4S/c1-20-11-13-22(14-12-20)26(21-9-5-3-6-10-21)28-34(31,32)23-15-16-25(33-2)24(19-23)27(30)29-17-7-4-8-18-29/h3,5-6,9-16,19,26,28H,4,7-8,17-18H2,1-2H3/t26-/m1/s1. The van der Waals surface area contributed by atoms with Crippen LogP contribution >= 0.6 is 0 Å². The van der Waals surface area contributed by atoms with E-state index in [-0.39, 0.29) is 16.4 Å². The summed E-state index contributed by atoms with van der Waals surface area (Å²) < 4.78 is 35.3. The van der Waals surface area contributed by atoms with Gasteiger partial charge >= 0.3 is 0 Å². The predicted octanol–water partition coefficient (Wildman–Crippen LogP) is 4.70. The van der Waals surface area contributed by atoms with E-state index >= 15 is 0 Å². The molecule has 3 aromatic rings. The highest BCUT2D eigenvalue weighted by Gasteiger charge is 2.27. The Morgan fingerprint density at radius 2 is 1.56 bits per heavy atom. The first-order valence-electron chi connectivity index (χ1n) is 11.5. The van der Waals surface area contributed by atoms with E-state index in [0.717, 1.165) is 36.0 Å². The van der Waals surface area contributed by atoms with Gasteiger partial charge in [0, 0.05) is 13.1 Å². The molecule has 1 aliphatic rings. The van der Waals surface area contributed by atoms with Crippen molar-refractivity contribution in [3.8, 4) is 5.75 Å². The Hall–Kier alpha value is -3.16. The van der Waals surface area contributed by atoms with Gasteiger partial charge in [0.1, 0.15) is 5.75 Å². The lowest BCUT2D eigenvalue weighted by Crippen LogP contribution is -2.36. The third-order valence-electron chi connectivity index (χ3n) is 6.17. The van der Waals surface area contributed by atoms with E-state index in [4.69, 9.17) is 4.74 Å². The summed E-state index contributed by atoms with van der Waals surface area (Å²) in [6.45, 7) is 3.32. The molecule has 0 bridgehead atoms. The molecule has 1 heterocycles. The molecule has 0 unspecified atom stereocenters. The molecule has 1 amide bonds. The first-order valence-corrected chi connectivity index (χ1v) is 13.0. The van der Waals surface area contributed by atoms with E-state index in [9.17, 15) is 13.2 Å². The van der Waals surface area contributed by atoms with E-state index in [0.29, 0.717) is 18.8 Å². The topological polar surface area (TPSA) is 75.7 Å². The van der Waals surface area contributed by atoms with Gasteiger partial charge in [-0.25, -0.2) is 8.42 Å². The van der Waals surface area contributed by atoms with Crippen LogP contribution in [0.5, 0.6) is 5.75 Å². The Morgan fingerprint density at radius 1 is 0.912 bits per heavy atom. The molecule has 34 heavy (non-hydrogen) atoms. The summed E-state index contributed by atoms with van der Waals surface area (Å²) >= 11 is 0. The maximum Gasteiger partial charge on any atom is 0.257 e. The molecule has 3 aromatic carbocycles. The van der Waals surface area contributed by atoms with E-state index in [1.54, 1.807) is 11.0 Å². The zero-order valence-electron chi connectivity index (χ0n) is 19.5. The highest BCUT2D eigenvalue weighted by molar-refractivity contribution is 7.89. The Morgan fingerprint density at radius 3 is 2.21 bits per heavy atom. The van der Waals surface area contributed by atoms with Gasteiger partial charge < -0.3 is 9.64 Å². The zero-order chi connectivity index (χ0) is 24.1. The van der Waals surface area contributed by atoms with Crippen molar-refractivity contribution < 1.29 is 17.9 Å². The molecule has 1 atom stereocenters. The molecule has 0 saturated carbocycles. The van der Waals surface area contributed by atoms with Crippen LogP contribution in [0.2, 0.25) is 0 Å². The van der Waals surface area contributed by atoms with E-state index in [2.05, 4.69) is 4.72 Å². The molecule has 1 fully saturated rings. The lowest BCUT2D eigenvalue weighted by atomic mass is 9.99. The summed E-state index contributed by atoms with van der Waals surface area (Å²) in [4.78, 5) is 15.0. The summed E-state index contributed by atoms with van der Waals surface area (Å²) in [5, 5.41) is 0. The van der Waals surface area contributed by atoms with Gasteiger partial charge in [-0.05, 0) is 55.5 Å². The van der Waals surface area contributed by atoms with Gasteiger partial charge in [0.25, 0.3) is 5.91 Å². The summed E-state index contributed by atoms with van der Waals surface area (Å²) in [7, 11) is -2.47. The molecule has 178 valence electrons. The molecular weight excluding hydrogens is 448 g/mol. The molecular formula is C27H30N2O4S. The maximum atomic E-state index is 13.5. The molecule has 1 saturated heterocycles. The number of benzene rings is 3. The Labute approximate surface area is 201 Å². The number of rotatable bonds is 7. The Kier molecular flexibility index (Phi) is 7.34. The number of nitrogens with one attached hydrogen (secondary N) is 1. The molecule has 0 spiro atoms. The fraction of sp³-hybridized carbons (Fsp3) is 0.296. The minimum atomic E-state index is -3.95. The molecule has 1 aliphatic heterocycles. The predicted molar refractivity (Wildman–Crippen MR) is 133 cm³/mol. The van der Waals surface area contributed by atoms with Crippen molar-refractivity contribution in [3.63, 3.8) is 0 Å². The fourth-order valence-electron chi connectivity index (χ4n) is 4.24. The number of sulfonamides is 1. The van der Waals surface area contributed by atoms with Gasteiger partial charge in [-0.15, -0.1) is 0 Å². The number of amides is 1. The number of methoxy groups -OCH3 is 1. The van der Waals surface area contributed by atoms with Gasteiger partial charge in [0.05, 0.1) is 23.6 Å². The maximum absolute atomic E-state index is 13.5. The smallest absolute Gasteiger partial charge is 0.257 e. The number of hydrogen-bond acceptors (Lipinski definition) is 4. The molecule has 1 N–H and O–H groups in total. The van der Waals surface area contributed by atoms with Crippen molar-refractivity contribution in [3.05, 3.63) is 95.1 Å². The van der Waals surface area contributed by atoms with Crippen molar-refractivity contribution in [2.45, 2.75) is 37.1 Å². The average Bonchev–Trinajstić information content (AvgIpc) is 2.88. The van der Waals surface area contributed by atoms with Crippen molar-refractivity contribution in [1.82, 2.24) is 9.62 Å². The molecule has 7 heteroatoms. The first kappa shape index (κ1) is 24.0. The lowest BCUT2D eigenvalue weighted by molar-refractivity contribution is 0.0720. The number of ether oxygens (including phenoxy) is 1. The largest absolute Gasteiger partial charge is 0.496 e. The minimum absolute atomic E-state index is 0.0294. The quantitative estimate of drug-likeness (QED) is 0.534. The first-order chi connectivity index (χ1) is 16.4. The SMILES string of the molecule is COc1ccc(S(=O)(=O)N[C@H](c2ccccc2)c2ccc(C)cc2)cc1C(=O)N1CCCCC1. The molecule has 6 nitrogen and oxygen atoms in total. The summed E-state index contributed by atoms with van der Waals surface area (Å²) in [6, 6.07) is 21.1. The number of nitrogens with zero attached hydrogens (tertiary/aromatic N) is 1. The van der Waals surface area contributed by atoms with Crippen LogP contribution in [0.15, 0.2) is 77.7 Å². The number of likely N-dealkylation sites (tertiary alicyclic amines) is 1. The van der Waals surface area contributed by atoms with Crippen LogP contribution in [0, 0.1) is 6.92 Å². The highest BCUT2D eigenvalue weighted by Crippen LogP contribution is 2.28. The van der Waals surface area contributed by atoms with Gasteiger partial charge in [0.15, 0.2) is 0 Å². The van der Waals surface area contributed by atoms with Crippen molar-refractivity contribution >= 4 is 15.9 Å². The Balaban J connectivity index is 1.69. The molecule has 0 radical (unpaired) electrons. The van der Waals surface area contributed by atoms with E-state index in [1.807, 2.05) is 61.5 Å². The van der Waals surface area contributed by atoms with Crippen molar-refractivity contribution in [1.29, 1.82) is 0 Å². The van der Waals surface area contributed by atoms with Crippen LogP contribution in [0.4, 0.5) is 0 Å². The normalized spacial score (nSPS) is 15.1. The third kappa shape index (κ3) is 5.32. The van der Waals surface area contributed by atoms with Crippen molar-refractivity contribution in [2.24, 2.45) is 0 Å². The summed E-state index contributed by atoms with van der Waals surface area (Å²) in [5.74, 6) is 0.166.